The largest absolute Gasteiger partial charge is 0.351 e. The molecule has 14 heavy (non-hydrogen) atoms. The Balaban J connectivity index is 2.06. The second-order valence-corrected chi connectivity index (χ2v) is 4.31. The van der Waals surface area contributed by atoms with Gasteiger partial charge in [-0.3, -0.25) is 0 Å². The molecule has 1 fully saturated rings. The van der Waals surface area contributed by atoms with Crippen LogP contribution in [0.25, 0.3) is 0 Å². The number of rotatable bonds is 1. The maximum absolute atomic E-state index is 5.60. The summed E-state index contributed by atoms with van der Waals surface area (Å²) in [6, 6.07) is 10.2. The molecule has 2 nitrogen and oxygen atoms in total. The molecule has 2 rings (SSSR count). The third-order valence-electron chi connectivity index (χ3n) is 2.26. The molecule has 1 atom stereocenters. The Morgan fingerprint density at radius 3 is 2.71 bits per heavy atom. The van der Waals surface area contributed by atoms with Gasteiger partial charge in [-0.1, -0.05) is 42.5 Å². The van der Waals surface area contributed by atoms with Gasteiger partial charge in [0.1, 0.15) is 17.2 Å². The fourth-order valence-electron chi connectivity index (χ4n) is 1.49. The standard InChI is InChI=1S/C10H11NOS2/c13-10(14)11-6-9(12-7-11)8-4-2-1-3-5-8/h1-5,9H,6-7H2,(H,13,14). The summed E-state index contributed by atoms with van der Waals surface area (Å²) in [6.07, 6.45) is 0.126. The fourth-order valence-corrected chi connectivity index (χ4v) is 1.75. The first-order valence-corrected chi connectivity index (χ1v) is 5.27. The molecule has 4 heteroatoms. The van der Waals surface area contributed by atoms with Gasteiger partial charge in [0.2, 0.25) is 0 Å². The Bertz CT molecular complexity index is 328. The molecule has 1 aromatic rings. The second kappa shape index (κ2) is 4.29. The van der Waals surface area contributed by atoms with Crippen LogP contribution in [0.3, 0.4) is 0 Å². The minimum atomic E-state index is 0.126. The normalized spacial score (nSPS) is 21.2. The molecule has 0 bridgehead atoms. The van der Waals surface area contributed by atoms with Crippen LogP contribution in [0.1, 0.15) is 11.7 Å². The first-order valence-electron chi connectivity index (χ1n) is 4.42. The van der Waals surface area contributed by atoms with Crippen molar-refractivity contribution in [2.24, 2.45) is 0 Å². The van der Waals surface area contributed by atoms with Crippen molar-refractivity contribution in [2.45, 2.75) is 6.10 Å². The first kappa shape index (κ1) is 9.96. The van der Waals surface area contributed by atoms with Gasteiger partial charge in [0.25, 0.3) is 0 Å². The molecule has 1 heterocycles. The summed E-state index contributed by atoms with van der Waals surface area (Å²) >= 11 is 9.09. The van der Waals surface area contributed by atoms with Gasteiger partial charge in [-0.15, -0.1) is 12.6 Å². The molecule has 0 N–H and O–H groups in total. The highest BCUT2D eigenvalue weighted by molar-refractivity contribution is 8.10. The third kappa shape index (κ3) is 2.08. The molecular weight excluding hydrogens is 214 g/mol. The van der Waals surface area contributed by atoms with Crippen LogP contribution in [0.4, 0.5) is 0 Å². The van der Waals surface area contributed by atoms with Crippen molar-refractivity contribution in [3.63, 3.8) is 0 Å². The van der Waals surface area contributed by atoms with Gasteiger partial charge in [-0.25, -0.2) is 0 Å². The Labute approximate surface area is 94.3 Å². The van der Waals surface area contributed by atoms with E-state index in [4.69, 9.17) is 17.0 Å². The quantitative estimate of drug-likeness (QED) is 0.581. The lowest BCUT2D eigenvalue weighted by Gasteiger charge is -2.12. The van der Waals surface area contributed by atoms with Gasteiger partial charge in [0.15, 0.2) is 0 Å². The summed E-state index contributed by atoms with van der Waals surface area (Å²) in [5, 5.41) is 0. The lowest BCUT2D eigenvalue weighted by molar-refractivity contribution is 0.103. The Morgan fingerprint density at radius 2 is 2.14 bits per heavy atom. The summed E-state index contributed by atoms with van der Waals surface area (Å²) in [5.41, 5.74) is 1.19. The maximum Gasteiger partial charge on any atom is 0.135 e. The Hall–Kier alpha value is -0.580. The predicted molar refractivity (Wildman–Crippen MR) is 63.4 cm³/mol. The average molecular weight is 225 g/mol. The predicted octanol–water partition coefficient (Wildman–Crippen LogP) is 2.23. The van der Waals surface area contributed by atoms with Crippen molar-refractivity contribution >= 4 is 29.2 Å². The van der Waals surface area contributed by atoms with Crippen molar-refractivity contribution in [1.29, 1.82) is 0 Å². The van der Waals surface area contributed by atoms with E-state index in [-0.39, 0.29) is 6.10 Å². The molecule has 0 aromatic heterocycles. The van der Waals surface area contributed by atoms with E-state index >= 15 is 0 Å². The molecule has 0 radical (unpaired) electrons. The average Bonchev–Trinajstić information content (AvgIpc) is 2.68. The van der Waals surface area contributed by atoms with E-state index in [9.17, 15) is 0 Å². The number of benzene rings is 1. The molecule has 74 valence electrons. The van der Waals surface area contributed by atoms with Crippen LogP contribution in [0.15, 0.2) is 30.3 Å². The first-order chi connectivity index (χ1) is 6.77. The van der Waals surface area contributed by atoms with E-state index in [1.54, 1.807) is 0 Å². The fraction of sp³-hybridized carbons (Fsp3) is 0.300. The highest BCUT2D eigenvalue weighted by atomic mass is 32.1. The zero-order valence-corrected chi connectivity index (χ0v) is 9.30. The SMILES string of the molecule is S=C(S)N1COC(c2ccccc2)C1. The molecular formula is C10H11NOS2. The molecule has 0 spiro atoms. The van der Waals surface area contributed by atoms with Gasteiger partial charge >= 0.3 is 0 Å². The van der Waals surface area contributed by atoms with Gasteiger partial charge in [-0.05, 0) is 5.56 Å². The van der Waals surface area contributed by atoms with Crippen molar-refractivity contribution in [3.05, 3.63) is 35.9 Å². The van der Waals surface area contributed by atoms with Crippen LogP contribution >= 0.6 is 24.8 Å². The van der Waals surface area contributed by atoms with Gasteiger partial charge in [0.05, 0.1) is 6.54 Å². The van der Waals surface area contributed by atoms with Crippen LogP contribution in [0.2, 0.25) is 0 Å². The summed E-state index contributed by atoms with van der Waals surface area (Å²) in [7, 11) is 0. The second-order valence-electron chi connectivity index (χ2n) is 3.20. The Kier molecular flexibility index (Phi) is 3.05. The van der Waals surface area contributed by atoms with Crippen molar-refractivity contribution < 1.29 is 4.74 Å². The molecule has 1 aliphatic rings. The summed E-state index contributed by atoms with van der Waals surface area (Å²) in [5.74, 6) is 0. The van der Waals surface area contributed by atoms with Crippen LogP contribution < -0.4 is 0 Å². The van der Waals surface area contributed by atoms with E-state index in [0.29, 0.717) is 11.1 Å². The molecule has 1 saturated heterocycles. The summed E-state index contributed by atoms with van der Waals surface area (Å²) < 4.78 is 6.20. The highest BCUT2D eigenvalue weighted by Crippen LogP contribution is 2.24. The number of thiol groups is 1. The number of hydrogen-bond donors (Lipinski definition) is 1. The van der Waals surface area contributed by atoms with Crippen molar-refractivity contribution in [2.75, 3.05) is 13.3 Å². The van der Waals surface area contributed by atoms with E-state index in [1.807, 2.05) is 23.1 Å². The smallest absolute Gasteiger partial charge is 0.135 e. The third-order valence-corrected chi connectivity index (χ3v) is 2.80. The van der Waals surface area contributed by atoms with E-state index in [0.717, 1.165) is 6.54 Å². The lowest BCUT2D eigenvalue weighted by atomic mass is 10.1. The molecule has 0 amide bonds. The van der Waals surface area contributed by atoms with Crippen LogP contribution in [0.5, 0.6) is 0 Å². The molecule has 0 saturated carbocycles. The van der Waals surface area contributed by atoms with Gasteiger partial charge < -0.3 is 9.64 Å². The monoisotopic (exact) mass is 225 g/mol. The van der Waals surface area contributed by atoms with E-state index in [2.05, 4.69) is 24.8 Å². The maximum atomic E-state index is 5.60. The number of nitrogens with zero attached hydrogens (tertiary/aromatic N) is 1. The van der Waals surface area contributed by atoms with Gasteiger partial charge in [-0.2, -0.15) is 0 Å². The zero-order chi connectivity index (χ0) is 9.97. The highest BCUT2D eigenvalue weighted by Gasteiger charge is 2.24. The summed E-state index contributed by atoms with van der Waals surface area (Å²) in [4.78, 5) is 1.94. The molecule has 1 aromatic carbocycles. The number of ether oxygens (including phenoxy) is 1. The minimum absolute atomic E-state index is 0.126. The van der Waals surface area contributed by atoms with Crippen LogP contribution in [-0.2, 0) is 4.74 Å². The topological polar surface area (TPSA) is 12.5 Å². The lowest BCUT2D eigenvalue weighted by Crippen LogP contribution is -2.22. The minimum Gasteiger partial charge on any atom is -0.351 e. The van der Waals surface area contributed by atoms with Crippen molar-refractivity contribution in [1.82, 2.24) is 4.90 Å². The van der Waals surface area contributed by atoms with E-state index < -0.39 is 0 Å². The van der Waals surface area contributed by atoms with Crippen LogP contribution in [-0.4, -0.2) is 22.5 Å². The number of hydrogen-bond acceptors (Lipinski definition) is 2. The number of thiocarbonyl (C=S) groups is 1. The Morgan fingerprint density at radius 1 is 1.43 bits per heavy atom. The summed E-state index contributed by atoms with van der Waals surface area (Å²) in [6.45, 7) is 1.34. The van der Waals surface area contributed by atoms with Crippen LogP contribution in [0, 0.1) is 0 Å². The zero-order valence-electron chi connectivity index (χ0n) is 7.59. The molecule has 0 aliphatic carbocycles. The molecule has 1 aliphatic heterocycles. The van der Waals surface area contributed by atoms with E-state index in [1.165, 1.54) is 5.56 Å². The van der Waals surface area contributed by atoms with Crippen molar-refractivity contribution in [3.8, 4) is 0 Å². The van der Waals surface area contributed by atoms with Gasteiger partial charge in [0, 0.05) is 0 Å². The molecule has 1 unspecified atom stereocenters.